The van der Waals surface area contributed by atoms with Gasteiger partial charge >= 0.3 is 0 Å². The molecular weight excluding hydrogens is 144 g/mol. The van der Waals surface area contributed by atoms with Crippen molar-refractivity contribution in [1.29, 1.82) is 0 Å². The van der Waals surface area contributed by atoms with Gasteiger partial charge in [-0.1, -0.05) is 5.16 Å². The fourth-order valence-electron chi connectivity index (χ4n) is 1.26. The lowest BCUT2D eigenvalue weighted by atomic mass is 9.95. The fraction of sp³-hybridized carbons (Fsp3) is 0.500. The van der Waals surface area contributed by atoms with Gasteiger partial charge in [0.25, 0.3) is 0 Å². The molecule has 2 rings (SSSR count). The Morgan fingerprint density at radius 1 is 1.27 bits per heavy atom. The summed E-state index contributed by atoms with van der Waals surface area (Å²) in [6, 6.07) is 0. The van der Waals surface area contributed by atoms with Gasteiger partial charge in [0.05, 0.1) is 5.71 Å². The Morgan fingerprint density at radius 2 is 2.18 bits per heavy atom. The van der Waals surface area contributed by atoms with E-state index in [0.717, 1.165) is 25.0 Å². The Hall–Kier alpha value is -1.39. The molecule has 2 aliphatic rings. The molecule has 1 aliphatic heterocycles. The lowest BCUT2D eigenvalue weighted by Gasteiger charge is -2.10. The molecule has 11 heavy (non-hydrogen) atoms. The van der Waals surface area contributed by atoms with E-state index in [-0.39, 0.29) is 0 Å². The Kier molecular flexibility index (Phi) is 1.34. The first-order valence-electron chi connectivity index (χ1n) is 3.48. The molecule has 0 amide bonds. The maximum atomic E-state index is 8.55. The topological polar surface area (TPSA) is 71.4 Å². The molecule has 1 N–H and O–H groups in total. The van der Waals surface area contributed by atoms with E-state index in [1.165, 1.54) is 0 Å². The zero-order chi connectivity index (χ0) is 7.68. The van der Waals surface area contributed by atoms with Crippen molar-refractivity contribution in [2.24, 2.45) is 15.4 Å². The molecule has 1 aliphatic carbocycles. The molecule has 0 spiro atoms. The Balaban J connectivity index is 2.34. The average Bonchev–Trinajstić information content (AvgIpc) is 2.50. The summed E-state index contributed by atoms with van der Waals surface area (Å²) < 4.78 is 0. The van der Waals surface area contributed by atoms with Crippen LogP contribution in [-0.2, 0) is 0 Å². The van der Waals surface area contributed by atoms with Crippen LogP contribution in [0.3, 0.4) is 0 Å². The molecule has 0 aromatic heterocycles. The molecular formula is C6H7N4O. The highest BCUT2D eigenvalue weighted by Gasteiger charge is 2.25. The molecule has 0 bridgehead atoms. The maximum Gasteiger partial charge on any atom is 0.136 e. The standard InChI is InChI=1S/C6H7N4O/c11-9-5-3-1-2-4-6(5)8-10-7-4/h11H,1-3H2. The number of hydrogen-bond acceptors (Lipinski definition) is 4. The van der Waals surface area contributed by atoms with Crippen LogP contribution in [0, 0.1) is 0 Å². The number of nitrogens with zero attached hydrogens (tertiary/aromatic N) is 4. The molecule has 1 fully saturated rings. The monoisotopic (exact) mass is 151 g/mol. The molecule has 1 heterocycles. The van der Waals surface area contributed by atoms with Crippen molar-refractivity contribution in [3.8, 4) is 0 Å². The van der Waals surface area contributed by atoms with Crippen LogP contribution in [0.5, 0.6) is 0 Å². The highest BCUT2D eigenvalue weighted by atomic mass is 16.4. The highest BCUT2D eigenvalue weighted by molar-refractivity contribution is 6.69. The maximum absolute atomic E-state index is 8.55. The van der Waals surface area contributed by atoms with E-state index in [0.29, 0.717) is 11.4 Å². The van der Waals surface area contributed by atoms with Gasteiger partial charge in [-0.05, 0) is 24.8 Å². The Labute approximate surface area is 63.5 Å². The minimum Gasteiger partial charge on any atom is -0.411 e. The van der Waals surface area contributed by atoms with Crippen molar-refractivity contribution in [3.05, 3.63) is 0 Å². The largest absolute Gasteiger partial charge is 0.411 e. The summed E-state index contributed by atoms with van der Waals surface area (Å²) in [6.07, 6.45) is 2.62. The molecule has 57 valence electrons. The van der Waals surface area contributed by atoms with E-state index in [9.17, 15) is 0 Å². The summed E-state index contributed by atoms with van der Waals surface area (Å²) in [5.41, 5.74) is 5.63. The second kappa shape index (κ2) is 2.34. The van der Waals surface area contributed by atoms with E-state index in [4.69, 9.17) is 5.21 Å². The van der Waals surface area contributed by atoms with Gasteiger partial charge in [0.15, 0.2) is 0 Å². The van der Waals surface area contributed by atoms with Crippen LogP contribution < -0.4 is 5.53 Å². The summed E-state index contributed by atoms with van der Waals surface area (Å²) >= 11 is 0. The molecule has 5 nitrogen and oxygen atoms in total. The van der Waals surface area contributed by atoms with Crippen LogP contribution in [0.25, 0.3) is 0 Å². The molecule has 1 radical (unpaired) electrons. The van der Waals surface area contributed by atoms with Gasteiger partial charge in [0.2, 0.25) is 0 Å². The van der Waals surface area contributed by atoms with Gasteiger partial charge in [0, 0.05) is 0 Å². The van der Waals surface area contributed by atoms with Crippen LogP contribution in [0.1, 0.15) is 19.3 Å². The first-order valence-corrected chi connectivity index (χ1v) is 3.48. The van der Waals surface area contributed by atoms with Gasteiger partial charge in [-0.3, -0.25) is 0 Å². The van der Waals surface area contributed by atoms with Crippen LogP contribution in [0.4, 0.5) is 0 Å². The first kappa shape index (κ1) is 6.33. The van der Waals surface area contributed by atoms with Crippen molar-refractivity contribution in [2.45, 2.75) is 19.3 Å². The zero-order valence-electron chi connectivity index (χ0n) is 5.86. The third kappa shape index (κ3) is 0.886. The van der Waals surface area contributed by atoms with E-state index in [1.54, 1.807) is 0 Å². The van der Waals surface area contributed by atoms with Crippen molar-refractivity contribution < 1.29 is 5.21 Å². The molecule has 0 saturated heterocycles. The molecule has 0 aromatic carbocycles. The summed E-state index contributed by atoms with van der Waals surface area (Å²) in [5, 5.41) is 19.2. The van der Waals surface area contributed by atoms with Gasteiger partial charge in [0.1, 0.15) is 11.4 Å². The van der Waals surface area contributed by atoms with Crippen molar-refractivity contribution in [2.75, 3.05) is 0 Å². The molecule has 0 aromatic rings. The predicted molar refractivity (Wildman–Crippen MR) is 40.1 cm³/mol. The zero-order valence-corrected chi connectivity index (χ0v) is 5.86. The van der Waals surface area contributed by atoms with Gasteiger partial charge < -0.3 is 5.21 Å². The molecule has 0 unspecified atom stereocenters. The van der Waals surface area contributed by atoms with Gasteiger partial charge in [-0.25, -0.2) is 0 Å². The van der Waals surface area contributed by atoms with E-state index >= 15 is 0 Å². The van der Waals surface area contributed by atoms with Crippen molar-refractivity contribution >= 4 is 17.1 Å². The third-order valence-corrected chi connectivity index (χ3v) is 1.80. The van der Waals surface area contributed by atoms with E-state index in [1.807, 2.05) is 0 Å². The summed E-state index contributed by atoms with van der Waals surface area (Å²) in [5.74, 6) is 0. The second-order valence-electron chi connectivity index (χ2n) is 2.48. The molecule has 1 saturated carbocycles. The van der Waals surface area contributed by atoms with Crippen LogP contribution in [-0.4, -0.2) is 22.3 Å². The Morgan fingerprint density at radius 3 is 3.00 bits per heavy atom. The second-order valence-corrected chi connectivity index (χ2v) is 2.48. The number of fused-ring (bicyclic) bond motifs is 1. The Bertz CT molecular complexity index is 266. The number of hydrogen-bond donors (Lipinski definition) is 1. The van der Waals surface area contributed by atoms with Gasteiger partial charge in [-0.2, -0.15) is 0 Å². The number of rotatable bonds is 0. The van der Waals surface area contributed by atoms with Crippen LogP contribution >= 0.6 is 0 Å². The van der Waals surface area contributed by atoms with Crippen LogP contribution in [0.15, 0.2) is 15.4 Å². The van der Waals surface area contributed by atoms with Crippen LogP contribution in [0.2, 0.25) is 0 Å². The fourth-order valence-corrected chi connectivity index (χ4v) is 1.26. The first-order chi connectivity index (χ1) is 5.42. The lowest BCUT2D eigenvalue weighted by Crippen LogP contribution is -2.26. The van der Waals surface area contributed by atoms with Crippen molar-refractivity contribution in [1.82, 2.24) is 5.53 Å². The highest BCUT2D eigenvalue weighted by Crippen LogP contribution is 2.14. The summed E-state index contributed by atoms with van der Waals surface area (Å²) in [4.78, 5) is 0. The van der Waals surface area contributed by atoms with E-state index in [2.05, 4.69) is 20.9 Å². The van der Waals surface area contributed by atoms with Gasteiger partial charge in [-0.15, -0.1) is 10.2 Å². The molecule has 0 atom stereocenters. The third-order valence-electron chi connectivity index (χ3n) is 1.80. The summed E-state index contributed by atoms with van der Waals surface area (Å²) in [7, 11) is 0. The quantitative estimate of drug-likeness (QED) is 0.393. The number of oxime groups is 1. The molecule has 5 heteroatoms. The van der Waals surface area contributed by atoms with E-state index < -0.39 is 0 Å². The van der Waals surface area contributed by atoms with Crippen molar-refractivity contribution in [3.63, 3.8) is 0 Å². The normalized spacial score (nSPS) is 25.6. The average molecular weight is 151 g/mol. The summed E-state index contributed by atoms with van der Waals surface area (Å²) in [6.45, 7) is 0. The SMILES string of the molecule is ON=C1CCCC2=N[N]N=C12. The minimum absolute atomic E-state index is 0.608. The predicted octanol–water partition coefficient (Wildman–Crippen LogP) is 0.330. The minimum atomic E-state index is 0.608. The lowest BCUT2D eigenvalue weighted by molar-refractivity contribution is 0.318. The smallest absolute Gasteiger partial charge is 0.136 e.